The number of unbranched alkanes of at least 4 members (excludes halogenated alkanes) is 1. The molecular formula is C36H82N2O16. The van der Waals surface area contributed by atoms with Gasteiger partial charge in [0, 0.05) is 60.7 Å². The molecule has 0 heterocycles. The quantitative estimate of drug-likeness (QED) is 0.0346. The van der Waals surface area contributed by atoms with Gasteiger partial charge in [0.25, 0.3) is 0 Å². The number of aliphatic hydroxyl groups excluding tert-OH is 2. The second kappa shape index (κ2) is 76.1. The minimum atomic E-state index is -0.849. The molecule has 0 saturated heterocycles. The first-order valence-corrected chi connectivity index (χ1v) is 18.4. The van der Waals surface area contributed by atoms with Crippen molar-refractivity contribution in [3.63, 3.8) is 0 Å². The van der Waals surface area contributed by atoms with E-state index >= 15 is 0 Å². The Morgan fingerprint density at radius 2 is 0.944 bits per heavy atom. The monoisotopic (exact) mass is 799 g/mol. The predicted molar refractivity (Wildman–Crippen MR) is 209 cm³/mol. The maximum absolute atomic E-state index is 10.2. The van der Waals surface area contributed by atoms with Crippen LogP contribution < -0.4 is 11.5 Å². The third-order valence-electron chi connectivity index (χ3n) is 4.75. The summed E-state index contributed by atoms with van der Waals surface area (Å²) in [4.78, 5) is 34.2. The summed E-state index contributed by atoms with van der Waals surface area (Å²) in [5.41, 5.74) is 10.3. The molecule has 0 bridgehead atoms. The largest absolute Gasteiger partial charge is 0.481 e. The standard InChI is InChI=1S/C7H15NO4.C6H12O3.C6H12O2.C5H13NO2.C5H12O2.C4H10O.C3H8O2/c8-2-4-12-6-5-11-3-1-7(9)10;1-6(7)5-9-4-3-8-2;1-6(8)4-2-3-5-7;1-7-4-5-8-3-2-6;1-2-4-7-5-3-6;1-3-4-5-2;1-2-3-5-4/h1-6,8H2,(H,9,10);3-5H2,1-2H3;7H,2-5H2,1H3;2-6H2,1H3;6H,2-5H2,1H3;3-4H2,1-2H3;4H,2-3H2,1H3. The van der Waals surface area contributed by atoms with Gasteiger partial charge in [-0.25, -0.2) is 4.89 Å². The van der Waals surface area contributed by atoms with E-state index in [4.69, 9.17) is 65.2 Å². The maximum atomic E-state index is 10.2. The van der Waals surface area contributed by atoms with E-state index in [-0.39, 0.29) is 44.4 Å². The summed E-state index contributed by atoms with van der Waals surface area (Å²) >= 11 is 0. The second-order valence-corrected chi connectivity index (χ2v) is 10.3. The molecule has 0 aliphatic rings. The first-order chi connectivity index (χ1) is 26.0. The molecule has 0 aromatic rings. The van der Waals surface area contributed by atoms with Gasteiger partial charge < -0.3 is 69.5 Å². The molecule has 8 N–H and O–H groups in total. The number of hydrogen-bond donors (Lipinski definition) is 6. The highest BCUT2D eigenvalue weighted by atomic mass is 17.1. The maximum Gasteiger partial charge on any atom is 0.305 e. The molecule has 0 radical (unpaired) electrons. The van der Waals surface area contributed by atoms with Crippen LogP contribution in [0.5, 0.6) is 0 Å². The average molecular weight is 799 g/mol. The van der Waals surface area contributed by atoms with Crippen molar-refractivity contribution in [1.82, 2.24) is 0 Å². The minimum absolute atomic E-state index is 0.0386. The summed E-state index contributed by atoms with van der Waals surface area (Å²) < 4.78 is 38.8. The van der Waals surface area contributed by atoms with Gasteiger partial charge in [0.2, 0.25) is 0 Å². The van der Waals surface area contributed by atoms with E-state index in [1.54, 1.807) is 28.3 Å². The second-order valence-electron chi connectivity index (χ2n) is 10.3. The van der Waals surface area contributed by atoms with Gasteiger partial charge in [0.05, 0.1) is 85.7 Å². The number of ketones is 2. The molecule has 0 aliphatic carbocycles. The Hall–Kier alpha value is -1.75. The lowest BCUT2D eigenvalue weighted by atomic mass is 10.2. The first-order valence-electron chi connectivity index (χ1n) is 18.4. The summed E-state index contributed by atoms with van der Waals surface area (Å²) in [6.07, 6.45) is 5.25. The minimum Gasteiger partial charge on any atom is -0.481 e. The Bertz CT molecular complexity index is 619. The highest BCUT2D eigenvalue weighted by Gasteiger charge is 1.95. The summed E-state index contributed by atoms with van der Waals surface area (Å²) in [6.45, 7) is 17.9. The van der Waals surface area contributed by atoms with Gasteiger partial charge in [0.15, 0.2) is 5.78 Å². The van der Waals surface area contributed by atoms with Crippen molar-refractivity contribution < 1.29 is 77.7 Å². The van der Waals surface area contributed by atoms with Crippen LogP contribution in [0.25, 0.3) is 0 Å². The van der Waals surface area contributed by atoms with Gasteiger partial charge in [-0.1, -0.05) is 20.8 Å². The SMILES string of the molecule is CC(=O)CCCCO.CCCOC.CCCOCCO.CCCOO.COCCOCC(C)=O.COCCOCCN.NCCOCCOCCC(=O)O. The molecule has 332 valence electrons. The van der Waals surface area contributed by atoms with E-state index in [1.165, 1.54) is 6.92 Å². The Morgan fingerprint density at radius 1 is 0.500 bits per heavy atom. The van der Waals surface area contributed by atoms with E-state index < -0.39 is 5.97 Å². The molecule has 54 heavy (non-hydrogen) atoms. The van der Waals surface area contributed by atoms with Crippen LogP contribution in [0.15, 0.2) is 0 Å². The molecule has 0 fully saturated rings. The van der Waals surface area contributed by atoms with Gasteiger partial charge in [-0.05, 0) is 46.0 Å². The van der Waals surface area contributed by atoms with Crippen molar-refractivity contribution in [2.24, 2.45) is 11.5 Å². The number of carboxylic acid groups (broad SMARTS) is 1. The summed E-state index contributed by atoms with van der Waals surface area (Å²) in [5.74, 6) is -0.595. The fourth-order valence-electron chi connectivity index (χ4n) is 2.34. The number of aliphatic carboxylic acids is 1. The average Bonchev–Trinajstić information content (AvgIpc) is 3.14. The number of aliphatic hydroxyl groups is 2. The molecule has 0 spiro atoms. The molecular weight excluding hydrogens is 716 g/mol. The molecule has 0 aromatic carbocycles. The smallest absolute Gasteiger partial charge is 0.305 e. The van der Waals surface area contributed by atoms with Crippen LogP contribution in [-0.2, 0) is 57.2 Å². The zero-order valence-electron chi connectivity index (χ0n) is 35.0. The van der Waals surface area contributed by atoms with Crippen molar-refractivity contribution in [2.75, 3.05) is 140 Å². The number of nitrogens with two attached hydrogens (primary N) is 2. The molecule has 0 atom stereocenters. The van der Waals surface area contributed by atoms with E-state index in [9.17, 15) is 14.4 Å². The van der Waals surface area contributed by atoms with Gasteiger partial charge in [-0.2, -0.15) is 0 Å². The van der Waals surface area contributed by atoms with E-state index in [2.05, 4.69) is 16.5 Å². The zero-order valence-corrected chi connectivity index (χ0v) is 35.0. The Labute approximate surface area is 326 Å². The lowest BCUT2D eigenvalue weighted by molar-refractivity contribution is -0.241. The van der Waals surface area contributed by atoms with Crippen LogP contribution >= 0.6 is 0 Å². The molecule has 18 heteroatoms. The highest BCUT2D eigenvalue weighted by molar-refractivity contribution is 5.76. The van der Waals surface area contributed by atoms with Crippen LogP contribution in [0.3, 0.4) is 0 Å². The fourth-order valence-corrected chi connectivity index (χ4v) is 2.34. The molecule has 18 nitrogen and oxygen atoms in total. The van der Waals surface area contributed by atoms with Crippen molar-refractivity contribution in [2.45, 2.75) is 79.6 Å². The zero-order chi connectivity index (χ0) is 42.8. The summed E-state index contributed by atoms with van der Waals surface area (Å²) in [6, 6.07) is 0. The fraction of sp³-hybridized carbons (Fsp3) is 0.917. The molecule has 0 aliphatic heterocycles. The van der Waals surface area contributed by atoms with Gasteiger partial charge in [-0.15, -0.1) is 0 Å². The van der Waals surface area contributed by atoms with Gasteiger partial charge in [-0.3, -0.25) is 14.8 Å². The Morgan fingerprint density at radius 3 is 1.26 bits per heavy atom. The molecule has 0 amide bonds. The Kier molecular flexibility index (Phi) is 94.4. The topological polar surface area (TPSA) is 267 Å². The van der Waals surface area contributed by atoms with E-state index in [1.807, 2.05) is 13.8 Å². The number of rotatable bonds is 30. The third kappa shape index (κ3) is 125. The molecule has 0 aromatic heterocycles. The number of ether oxygens (including phenoxy) is 8. The van der Waals surface area contributed by atoms with Crippen molar-refractivity contribution in [3.8, 4) is 0 Å². The normalized spacial score (nSPS) is 9.43. The lowest BCUT2D eigenvalue weighted by Crippen LogP contribution is -2.13. The van der Waals surface area contributed by atoms with Crippen LogP contribution in [0, 0.1) is 0 Å². The molecule has 0 unspecified atom stereocenters. The van der Waals surface area contributed by atoms with Crippen LogP contribution in [0.4, 0.5) is 0 Å². The van der Waals surface area contributed by atoms with Crippen molar-refractivity contribution in [3.05, 3.63) is 0 Å². The summed E-state index contributed by atoms with van der Waals surface area (Å²) in [5, 5.41) is 32.2. The molecule has 0 saturated carbocycles. The molecule has 0 rings (SSSR count). The Balaban J connectivity index is -0.0000000973. The number of methoxy groups -OCH3 is 3. The number of carboxylic acids is 1. The lowest BCUT2D eigenvalue weighted by Gasteiger charge is -2.02. The van der Waals surface area contributed by atoms with Crippen LogP contribution in [0.2, 0.25) is 0 Å². The van der Waals surface area contributed by atoms with Crippen molar-refractivity contribution >= 4 is 17.5 Å². The first kappa shape index (κ1) is 67.0. The van der Waals surface area contributed by atoms with Crippen LogP contribution in [-0.4, -0.2) is 178 Å². The van der Waals surface area contributed by atoms with Crippen molar-refractivity contribution in [1.29, 1.82) is 0 Å². The van der Waals surface area contributed by atoms with E-state index in [0.29, 0.717) is 85.6 Å². The predicted octanol–water partition coefficient (Wildman–Crippen LogP) is 2.37. The van der Waals surface area contributed by atoms with Crippen LogP contribution in [0.1, 0.15) is 79.6 Å². The third-order valence-corrected chi connectivity index (χ3v) is 4.75. The van der Waals surface area contributed by atoms with E-state index in [0.717, 1.165) is 45.3 Å². The number of carbonyl (C=O) groups excluding carboxylic acids is 2. The number of carbonyl (C=O) groups is 3. The van der Waals surface area contributed by atoms with Gasteiger partial charge >= 0.3 is 5.97 Å². The number of hydrogen-bond acceptors (Lipinski definition) is 17. The summed E-state index contributed by atoms with van der Waals surface area (Å²) in [7, 11) is 4.95. The van der Waals surface area contributed by atoms with Gasteiger partial charge in [0.1, 0.15) is 12.4 Å². The highest BCUT2D eigenvalue weighted by Crippen LogP contribution is 1.93. The number of Topliss-reactive ketones (excluding diaryl/α,β-unsaturated/α-hetero) is 2.